The van der Waals surface area contributed by atoms with Gasteiger partial charge in [-0.2, -0.15) is 0 Å². The molecule has 0 heterocycles. The summed E-state index contributed by atoms with van der Waals surface area (Å²) >= 11 is -1.91. The van der Waals surface area contributed by atoms with E-state index in [2.05, 4.69) is 20.8 Å². The average molecular weight is 237 g/mol. The van der Waals surface area contributed by atoms with Crippen LogP contribution >= 0.6 is 0 Å². The van der Waals surface area contributed by atoms with Crippen LogP contribution in [0.5, 0.6) is 0 Å². The van der Waals surface area contributed by atoms with Gasteiger partial charge in [0.2, 0.25) is 0 Å². The quantitative estimate of drug-likeness (QED) is 0.740. The normalized spacial score (nSPS) is 14.3. The van der Waals surface area contributed by atoms with E-state index in [-0.39, 0.29) is 0 Å². The molecule has 0 aliphatic heterocycles. The zero-order valence-corrected chi connectivity index (χ0v) is 10.0. The first-order valence-electron chi connectivity index (χ1n) is 3.86. The van der Waals surface area contributed by atoms with Gasteiger partial charge in [0.25, 0.3) is 0 Å². The van der Waals surface area contributed by atoms with E-state index in [0.29, 0.717) is 3.93 Å². The van der Waals surface area contributed by atoms with Crippen LogP contribution in [0.15, 0.2) is 0 Å². The van der Waals surface area contributed by atoms with E-state index in [1.54, 1.807) is 0 Å². The van der Waals surface area contributed by atoms with Crippen LogP contribution in [0, 0.1) is 0 Å². The zero-order chi connectivity index (χ0) is 7.28. The molecule has 0 aromatic carbocycles. The van der Waals surface area contributed by atoms with E-state index >= 15 is 0 Å². The summed E-state index contributed by atoms with van der Waals surface area (Å²) in [6.07, 6.45) is 2.48. The summed E-state index contributed by atoms with van der Waals surface area (Å²) in [4.78, 5) is 0. The molecule has 0 rings (SSSR count). The van der Waals surface area contributed by atoms with E-state index in [0.717, 1.165) is 0 Å². The Balaban J connectivity index is 3.16. The molecular weight excluding hydrogens is 219 g/mol. The standard InChI is InChI=1S/C4H9.C3H7.H2O.Sn.H/c1-3-4-2;1-3-2;;;/h1,3-4H2,2H3;3H,1-2H3;1H2;;/q;;;+1;/p-1. The molecule has 1 N–H and O–H groups in total. The number of unbranched alkanes of at least 4 members (excludes halogenated alkanes) is 1. The molecule has 0 saturated carbocycles. The fraction of sp³-hybridized carbons (Fsp3) is 1.00. The van der Waals surface area contributed by atoms with E-state index in [1.165, 1.54) is 17.3 Å². The van der Waals surface area contributed by atoms with Crippen LogP contribution < -0.4 is 0 Å². The predicted molar refractivity (Wildman–Crippen MR) is 44.2 cm³/mol. The van der Waals surface area contributed by atoms with Crippen molar-refractivity contribution in [1.82, 2.24) is 0 Å². The van der Waals surface area contributed by atoms with Crippen molar-refractivity contribution in [2.24, 2.45) is 0 Å². The van der Waals surface area contributed by atoms with Crippen molar-refractivity contribution in [1.29, 1.82) is 0 Å². The maximum atomic E-state index is 9.47. The first-order valence-corrected chi connectivity index (χ1v) is 9.57. The third-order valence-electron chi connectivity index (χ3n) is 1.62. The molecule has 1 atom stereocenters. The summed E-state index contributed by atoms with van der Waals surface area (Å²) in [5.41, 5.74) is 0. The molecule has 0 saturated heterocycles. The van der Waals surface area contributed by atoms with E-state index in [4.69, 9.17) is 0 Å². The summed E-state index contributed by atoms with van der Waals surface area (Å²) in [5, 5.41) is 0. The number of hydrogen-bond acceptors (Lipinski definition) is 1. The van der Waals surface area contributed by atoms with E-state index in [9.17, 15) is 3.44 Å². The molecule has 0 aliphatic carbocycles. The Hall–Kier alpha value is 0.759. The molecule has 9 heavy (non-hydrogen) atoms. The second-order valence-electron chi connectivity index (χ2n) is 2.95. The minimum absolute atomic E-state index is 0.637. The third kappa shape index (κ3) is 5.22. The summed E-state index contributed by atoms with van der Waals surface area (Å²) in [6.45, 7) is 6.48. The second-order valence-corrected chi connectivity index (χ2v) is 11.6. The Morgan fingerprint density at radius 2 is 2.00 bits per heavy atom. The van der Waals surface area contributed by atoms with Crippen LogP contribution in [0.3, 0.4) is 0 Å². The summed E-state index contributed by atoms with van der Waals surface area (Å²) in [7, 11) is 0. The van der Waals surface area contributed by atoms with Gasteiger partial charge in [-0.15, -0.1) is 0 Å². The Kier molecular flexibility index (Phi) is 6.00. The fourth-order valence-corrected chi connectivity index (χ4v) is 5.01. The SMILES string of the molecule is CCC[CH2][SnH]([OH])[CH](C)C. The fourth-order valence-electron chi connectivity index (χ4n) is 0.747. The zero-order valence-electron chi connectivity index (χ0n) is 6.72. The predicted octanol–water partition coefficient (Wildman–Crippen LogP) is 1.91. The van der Waals surface area contributed by atoms with Gasteiger partial charge in [-0.3, -0.25) is 0 Å². The summed E-state index contributed by atoms with van der Waals surface area (Å²) in [6, 6.07) is 0. The Labute approximate surface area is 65.8 Å². The van der Waals surface area contributed by atoms with Crippen LogP contribution in [0.4, 0.5) is 0 Å². The van der Waals surface area contributed by atoms with Gasteiger partial charge in [0.05, 0.1) is 0 Å². The molecule has 0 aromatic rings. The Morgan fingerprint density at radius 1 is 1.44 bits per heavy atom. The van der Waals surface area contributed by atoms with Crippen LogP contribution in [0.2, 0.25) is 8.37 Å². The molecule has 1 nitrogen and oxygen atoms in total. The molecule has 1 unspecified atom stereocenters. The Bertz CT molecular complexity index is 63.9. The molecule has 56 valence electrons. The number of rotatable bonds is 4. The molecular formula is C7H18OSn. The van der Waals surface area contributed by atoms with Gasteiger partial charge < -0.3 is 0 Å². The summed E-state index contributed by atoms with van der Waals surface area (Å²) in [5.74, 6) is 0. The monoisotopic (exact) mass is 238 g/mol. The van der Waals surface area contributed by atoms with Gasteiger partial charge in [-0.25, -0.2) is 0 Å². The van der Waals surface area contributed by atoms with Crippen molar-refractivity contribution >= 4 is 20.2 Å². The number of hydrogen-bond donors (Lipinski definition) is 1. The van der Waals surface area contributed by atoms with Crippen molar-refractivity contribution in [2.45, 2.75) is 42.0 Å². The van der Waals surface area contributed by atoms with Gasteiger partial charge in [0.15, 0.2) is 0 Å². The van der Waals surface area contributed by atoms with Crippen LogP contribution in [0.25, 0.3) is 0 Å². The van der Waals surface area contributed by atoms with Crippen molar-refractivity contribution < 1.29 is 3.44 Å². The van der Waals surface area contributed by atoms with Crippen molar-refractivity contribution in [3.63, 3.8) is 0 Å². The van der Waals surface area contributed by atoms with E-state index < -0.39 is 20.2 Å². The van der Waals surface area contributed by atoms with Gasteiger partial charge in [-0.1, -0.05) is 0 Å². The van der Waals surface area contributed by atoms with Crippen LogP contribution in [0.1, 0.15) is 33.6 Å². The van der Waals surface area contributed by atoms with Crippen molar-refractivity contribution in [2.75, 3.05) is 0 Å². The van der Waals surface area contributed by atoms with E-state index in [1.807, 2.05) is 0 Å². The topological polar surface area (TPSA) is 20.2 Å². The van der Waals surface area contributed by atoms with Gasteiger partial charge in [-0.05, 0) is 0 Å². The molecule has 0 aromatic heterocycles. The van der Waals surface area contributed by atoms with Crippen LogP contribution in [-0.4, -0.2) is 23.6 Å². The average Bonchev–Trinajstić information content (AvgIpc) is 1.82. The van der Waals surface area contributed by atoms with Gasteiger partial charge in [0.1, 0.15) is 0 Å². The molecule has 2 heteroatoms. The van der Waals surface area contributed by atoms with Crippen molar-refractivity contribution in [3.8, 4) is 0 Å². The Morgan fingerprint density at radius 3 is 2.33 bits per heavy atom. The first kappa shape index (κ1) is 9.76. The second kappa shape index (κ2) is 5.54. The first-order chi connectivity index (χ1) is 4.18. The minimum atomic E-state index is -1.91. The molecule has 0 bridgehead atoms. The van der Waals surface area contributed by atoms with Gasteiger partial charge in [0, 0.05) is 0 Å². The molecule has 0 radical (unpaired) electrons. The van der Waals surface area contributed by atoms with Gasteiger partial charge >= 0.3 is 65.6 Å². The van der Waals surface area contributed by atoms with Crippen LogP contribution in [-0.2, 0) is 0 Å². The molecule has 0 fully saturated rings. The third-order valence-corrected chi connectivity index (χ3v) is 8.87. The molecule has 0 aliphatic rings. The maximum absolute atomic E-state index is 9.47. The van der Waals surface area contributed by atoms with Crippen molar-refractivity contribution in [3.05, 3.63) is 0 Å². The molecule has 0 spiro atoms. The molecule has 0 amide bonds. The summed E-state index contributed by atoms with van der Waals surface area (Å²) < 4.78 is 11.3.